The van der Waals surface area contributed by atoms with Crippen LogP contribution in [0.2, 0.25) is 0 Å². The summed E-state index contributed by atoms with van der Waals surface area (Å²) >= 11 is 0. The first-order chi connectivity index (χ1) is 12.3. The highest BCUT2D eigenvalue weighted by atomic mass is 127. The Morgan fingerprint density at radius 1 is 1.26 bits per heavy atom. The minimum absolute atomic E-state index is 0. The number of carbonyl (C=O) groups excluding carboxylic acids is 1. The molecule has 3 N–H and O–H groups in total. The molecular weight excluding hydrogens is 479 g/mol. The lowest BCUT2D eigenvalue weighted by Crippen LogP contribution is -2.42. The number of amides is 1. The zero-order valence-electron chi connectivity index (χ0n) is 16.0. The molecule has 0 unspecified atom stereocenters. The number of halogens is 1. The molecule has 0 saturated heterocycles. The maximum atomic E-state index is 11.7. The molecule has 0 aromatic heterocycles. The third-order valence-corrected chi connectivity index (χ3v) is 5.64. The Hall–Kier alpha value is -1.36. The number of hydrogen-bond acceptors (Lipinski definition) is 4. The molecule has 0 heterocycles. The van der Waals surface area contributed by atoms with E-state index in [-0.39, 0.29) is 41.1 Å². The minimum atomic E-state index is -2.97. The van der Waals surface area contributed by atoms with E-state index in [9.17, 15) is 13.2 Å². The minimum Gasteiger partial charge on any atom is -0.356 e. The van der Waals surface area contributed by atoms with Gasteiger partial charge in [0, 0.05) is 44.4 Å². The van der Waals surface area contributed by atoms with Crippen molar-refractivity contribution in [1.82, 2.24) is 16.0 Å². The smallest absolute Gasteiger partial charge is 0.251 e. The van der Waals surface area contributed by atoms with Crippen molar-refractivity contribution in [3.63, 3.8) is 0 Å². The van der Waals surface area contributed by atoms with Gasteiger partial charge in [-0.15, -0.1) is 24.0 Å². The molecule has 1 amide bonds. The maximum absolute atomic E-state index is 11.7. The van der Waals surface area contributed by atoms with Crippen LogP contribution in [-0.2, 0) is 16.3 Å². The molecule has 152 valence electrons. The summed E-state index contributed by atoms with van der Waals surface area (Å²) in [6.07, 6.45) is 3.89. The Kier molecular flexibility index (Phi) is 9.00. The molecule has 7 nitrogen and oxygen atoms in total. The Morgan fingerprint density at radius 3 is 2.52 bits per heavy atom. The first-order valence-corrected chi connectivity index (χ1v) is 10.8. The van der Waals surface area contributed by atoms with Gasteiger partial charge in [-0.3, -0.25) is 9.79 Å². The second-order valence-corrected chi connectivity index (χ2v) is 9.09. The van der Waals surface area contributed by atoms with Crippen LogP contribution < -0.4 is 16.0 Å². The van der Waals surface area contributed by atoms with Crippen molar-refractivity contribution in [2.24, 2.45) is 10.4 Å². The van der Waals surface area contributed by atoms with Crippen molar-refractivity contribution in [1.29, 1.82) is 0 Å². The quantitative estimate of drug-likeness (QED) is 0.279. The van der Waals surface area contributed by atoms with E-state index in [4.69, 9.17) is 0 Å². The van der Waals surface area contributed by atoms with Crippen LogP contribution in [0.1, 0.15) is 28.8 Å². The summed E-state index contributed by atoms with van der Waals surface area (Å²) in [4.78, 5) is 15.9. The number of nitrogens with one attached hydrogen (secondary N) is 3. The Labute approximate surface area is 178 Å². The van der Waals surface area contributed by atoms with Crippen LogP contribution in [0.15, 0.2) is 29.3 Å². The highest BCUT2D eigenvalue weighted by Gasteiger charge is 2.45. The van der Waals surface area contributed by atoms with Crippen molar-refractivity contribution >= 4 is 45.7 Å². The van der Waals surface area contributed by atoms with Gasteiger partial charge < -0.3 is 16.0 Å². The molecule has 9 heteroatoms. The van der Waals surface area contributed by atoms with E-state index in [2.05, 4.69) is 20.9 Å². The standard InChI is InChI=1S/C18H28N4O3S.HI/c1-19-16(23)15-6-4-5-14(11-15)7-10-21-17(20-2)22-12-18(8-9-18)13-26(3,24)25;/h4-6,11H,7-10,12-13H2,1-3H3,(H,19,23)(H2,20,21,22);1H. The second-order valence-electron chi connectivity index (χ2n) is 6.95. The zero-order valence-corrected chi connectivity index (χ0v) is 19.2. The molecule has 0 radical (unpaired) electrons. The van der Waals surface area contributed by atoms with Gasteiger partial charge >= 0.3 is 0 Å². The van der Waals surface area contributed by atoms with Crippen molar-refractivity contribution in [3.8, 4) is 0 Å². The summed E-state index contributed by atoms with van der Waals surface area (Å²) < 4.78 is 23.1. The average molecular weight is 508 g/mol. The molecule has 0 aliphatic heterocycles. The van der Waals surface area contributed by atoms with Gasteiger partial charge in [-0.2, -0.15) is 0 Å². The van der Waals surface area contributed by atoms with E-state index in [1.165, 1.54) is 6.26 Å². The fourth-order valence-electron chi connectivity index (χ4n) is 2.93. The fraction of sp³-hybridized carbons (Fsp3) is 0.556. The SMILES string of the molecule is CN=C(NCCc1cccc(C(=O)NC)c1)NCC1(CS(C)(=O)=O)CC1.I. The number of benzene rings is 1. The van der Waals surface area contributed by atoms with E-state index in [1.54, 1.807) is 20.2 Å². The highest BCUT2D eigenvalue weighted by Crippen LogP contribution is 2.45. The van der Waals surface area contributed by atoms with Gasteiger partial charge in [-0.05, 0) is 37.0 Å². The number of hydrogen-bond donors (Lipinski definition) is 3. The van der Waals surface area contributed by atoms with Gasteiger partial charge in [0.05, 0.1) is 5.75 Å². The molecule has 1 aliphatic rings. The molecule has 1 saturated carbocycles. The molecule has 1 aromatic carbocycles. The van der Waals surface area contributed by atoms with Crippen LogP contribution in [0.5, 0.6) is 0 Å². The third kappa shape index (κ3) is 8.04. The van der Waals surface area contributed by atoms with Gasteiger partial charge in [0.1, 0.15) is 9.84 Å². The summed E-state index contributed by atoms with van der Waals surface area (Å²) in [6.45, 7) is 1.27. The summed E-state index contributed by atoms with van der Waals surface area (Å²) in [5.41, 5.74) is 1.56. The fourth-order valence-corrected chi connectivity index (χ4v) is 4.44. The molecule has 27 heavy (non-hydrogen) atoms. The summed E-state index contributed by atoms with van der Waals surface area (Å²) in [5.74, 6) is 0.779. The van der Waals surface area contributed by atoms with E-state index in [1.807, 2.05) is 18.2 Å². The molecule has 0 atom stereocenters. The molecule has 2 rings (SSSR count). The van der Waals surface area contributed by atoms with Crippen LogP contribution in [0, 0.1) is 5.41 Å². The van der Waals surface area contributed by atoms with E-state index < -0.39 is 9.84 Å². The molecular formula is C18H29IN4O3S. The first kappa shape index (κ1) is 23.7. The normalized spacial score (nSPS) is 15.4. The zero-order chi connectivity index (χ0) is 19.2. The van der Waals surface area contributed by atoms with Gasteiger partial charge in [0.2, 0.25) is 0 Å². The lowest BCUT2D eigenvalue weighted by molar-refractivity contribution is 0.0963. The lowest BCUT2D eigenvalue weighted by Gasteiger charge is -2.18. The molecule has 0 spiro atoms. The Bertz CT molecular complexity index is 777. The molecule has 1 fully saturated rings. The van der Waals surface area contributed by atoms with Crippen LogP contribution >= 0.6 is 24.0 Å². The third-order valence-electron chi connectivity index (χ3n) is 4.50. The number of nitrogens with zero attached hydrogens (tertiary/aromatic N) is 1. The van der Waals surface area contributed by atoms with E-state index >= 15 is 0 Å². The number of sulfone groups is 1. The van der Waals surface area contributed by atoms with E-state index in [0.29, 0.717) is 24.6 Å². The number of rotatable bonds is 8. The van der Waals surface area contributed by atoms with Crippen LogP contribution in [-0.4, -0.2) is 59.5 Å². The molecule has 1 aromatic rings. The summed E-state index contributed by atoms with van der Waals surface area (Å²) in [6, 6.07) is 7.51. The largest absolute Gasteiger partial charge is 0.356 e. The van der Waals surface area contributed by atoms with Crippen molar-refractivity contribution in [2.75, 3.05) is 39.2 Å². The second kappa shape index (κ2) is 10.3. The van der Waals surface area contributed by atoms with Gasteiger partial charge in [-0.25, -0.2) is 8.42 Å². The Morgan fingerprint density at radius 2 is 1.96 bits per heavy atom. The van der Waals surface area contributed by atoms with Gasteiger partial charge in [0.25, 0.3) is 5.91 Å². The van der Waals surface area contributed by atoms with Crippen LogP contribution in [0.3, 0.4) is 0 Å². The summed E-state index contributed by atoms with van der Waals surface area (Å²) in [7, 11) is 0.333. The number of guanidine groups is 1. The predicted octanol–water partition coefficient (Wildman–Crippen LogP) is 1.20. The first-order valence-electron chi connectivity index (χ1n) is 8.70. The number of carbonyl (C=O) groups is 1. The molecule has 0 bridgehead atoms. The topological polar surface area (TPSA) is 99.7 Å². The average Bonchev–Trinajstić information content (AvgIpc) is 3.35. The van der Waals surface area contributed by atoms with Crippen molar-refractivity contribution in [2.45, 2.75) is 19.3 Å². The van der Waals surface area contributed by atoms with Crippen molar-refractivity contribution in [3.05, 3.63) is 35.4 Å². The lowest BCUT2D eigenvalue weighted by atomic mass is 10.1. The van der Waals surface area contributed by atoms with Crippen LogP contribution in [0.4, 0.5) is 0 Å². The van der Waals surface area contributed by atoms with Crippen molar-refractivity contribution < 1.29 is 13.2 Å². The monoisotopic (exact) mass is 508 g/mol. The summed E-state index contributed by atoms with van der Waals surface area (Å²) in [5, 5.41) is 9.08. The van der Waals surface area contributed by atoms with E-state index in [0.717, 1.165) is 24.8 Å². The molecule has 1 aliphatic carbocycles. The maximum Gasteiger partial charge on any atom is 0.251 e. The predicted molar refractivity (Wildman–Crippen MR) is 120 cm³/mol. The number of aliphatic imine (C=N–C) groups is 1. The van der Waals surface area contributed by atoms with Gasteiger partial charge in [0.15, 0.2) is 5.96 Å². The van der Waals surface area contributed by atoms with Crippen LogP contribution in [0.25, 0.3) is 0 Å². The Balaban J connectivity index is 0.00000364. The van der Waals surface area contributed by atoms with Gasteiger partial charge in [-0.1, -0.05) is 12.1 Å². The highest BCUT2D eigenvalue weighted by molar-refractivity contribution is 14.0.